The Labute approximate surface area is 186 Å². The zero-order chi connectivity index (χ0) is 21.9. The van der Waals surface area contributed by atoms with Crippen molar-refractivity contribution in [1.82, 2.24) is 9.80 Å². The SMILES string of the molecule is O=C(c1ccc2c(c1)OCO2)N1CC2(C1)[C@@H](c1ccccc1)[C@H](CO)N2C(=O)C1CCC1. The summed E-state index contributed by atoms with van der Waals surface area (Å²) in [7, 11) is 0. The van der Waals surface area contributed by atoms with Crippen LogP contribution >= 0.6 is 0 Å². The molecule has 1 spiro atoms. The Hall–Kier alpha value is -3.06. The van der Waals surface area contributed by atoms with E-state index < -0.39 is 5.54 Å². The van der Waals surface area contributed by atoms with Crippen molar-refractivity contribution < 1.29 is 24.2 Å². The Morgan fingerprint density at radius 1 is 1.03 bits per heavy atom. The number of rotatable bonds is 4. The van der Waals surface area contributed by atoms with Crippen molar-refractivity contribution in [2.75, 3.05) is 26.5 Å². The zero-order valence-corrected chi connectivity index (χ0v) is 17.8. The number of hydrogen-bond acceptors (Lipinski definition) is 5. The number of fused-ring (bicyclic) bond motifs is 1. The number of aliphatic hydroxyl groups is 1. The molecule has 166 valence electrons. The Morgan fingerprint density at radius 2 is 1.78 bits per heavy atom. The Balaban J connectivity index is 1.28. The van der Waals surface area contributed by atoms with Gasteiger partial charge in [-0.1, -0.05) is 36.8 Å². The Kier molecular flexibility index (Phi) is 4.43. The summed E-state index contributed by atoms with van der Waals surface area (Å²) in [5.74, 6) is 1.35. The van der Waals surface area contributed by atoms with Gasteiger partial charge < -0.3 is 24.4 Å². The standard InChI is InChI=1S/C25H26N2O5/c28-12-19-22(16-5-2-1-3-6-16)25(27(19)24(30)17-7-4-8-17)13-26(14-25)23(29)18-9-10-20-21(11-18)32-15-31-20/h1-3,5-6,9-11,17,19,22,28H,4,7-8,12-15H2/t19-,22-/m0/s1. The molecule has 1 N–H and O–H groups in total. The number of ether oxygens (including phenoxy) is 2. The molecule has 2 aromatic rings. The van der Waals surface area contributed by atoms with Crippen molar-refractivity contribution in [3.63, 3.8) is 0 Å². The van der Waals surface area contributed by atoms with Crippen LogP contribution in [0.3, 0.4) is 0 Å². The van der Waals surface area contributed by atoms with Crippen LogP contribution in [0.5, 0.6) is 11.5 Å². The molecule has 3 fully saturated rings. The van der Waals surface area contributed by atoms with Crippen LogP contribution < -0.4 is 9.47 Å². The highest BCUT2D eigenvalue weighted by atomic mass is 16.7. The number of aliphatic hydroxyl groups excluding tert-OH is 1. The number of carbonyl (C=O) groups is 2. The summed E-state index contributed by atoms with van der Waals surface area (Å²) in [6, 6.07) is 15.1. The fourth-order valence-electron chi connectivity index (χ4n) is 5.84. The Bertz CT molecular complexity index is 1060. The lowest BCUT2D eigenvalue weighted by molar-refractivity contribution is -0.199. The molecule has 4 aliphatic rings. The van der Waals surface area contributed by atoms with Gasteiger partial charge >= 0.3 is 0 Å². The molecular formula is C25H26N2O5. The average molecular weight is 434 g/mol. The maximum atomic E-state index is 13.3. The molecule has 7 nitrogen and oxygen atoms in total. The second kappa shape index (κ2) is 7.24. The molecule has 2 aromatic carbocycles. The first-order valence-corrected chi connectivity index (χ1v) is 11.3. The van der Waals surface area contributed by atoms with E-state index >= 15 is 0 Å². The van der Waals surface area contributed by atoms with Gasteiger partial charge in [-0.05, 0) is 36.6 Å². The molecule has 32 heavy (non-hydrogen) atoms. The highest BCUT2D eigenvalue weighted by Crippen LogP contribution is 2.55. The molecule has 0 aromatic heterocycles. The van der Waals surface area contributed by atoms with Crippen LogP contribution in [0.2, 0.25) is 0 Å². The third kappa shape index (κ3) is 2.70. The minimum atomic E-state index is -0.451. The molecule has 6 rings (SSSR count). The predicted molar refractivity (Wildman–Crippen MR) is 115 cm³/mol. The van der Waals surface area contributed by atoms with E-state index in [2.05, 4.69) is 12.1 Å². The second-order valence-electron chi connectivity index (χ2n) is 9.31. The van der Waals surface area contributed by atoms with Crippen molar-refractivity contribution in [3.05, 3.63) is 59.7 Å². The van der Waals surface area contributed by atoms with E-state index in [1.165, 1.54) is 0 Å². The van der Waals surface area contributed by atoms with Gasteiger partial charge in [0.1, 0.15) is 0 Å². The van der Waals surface area contributed by atoms with Gasteiger partial charge in [0.25, 0.3) is 5.91 Å². The first kappa shape index (κ1) is 19.6. The van der Waals surface area contributed by atoms with Gasteiger partial charge in [-0.15, -0.1) is 0 Å². The van der Waals surface area contributed by atoms with Crippen LogP contribution in [0.4, 0.5) is 0 Å². The van der Waals surface area contributed by atoms with E-state index in [-0.39, 0.29) is 43.1 Å². The van der Waals surface area contributed by atoms with Crippen LogP contribution in [0.15, 0.2) is 48.5 Å². The van der Waals surface area contributed by atoms with Crippen molar-refractivity contribution in [2.45, 2.75) is 36.8 Å². The molecule has 0 radical (unpaired) electrons. The summed E-state index contributed by atoms with van der Waals surface area (Å²) in [5, 5.41) is 10.2. The molecule has 0 bridgehead atoms. The van der Waals surface area contributed by atoms with Crippen molar-refractivity contribution in [1.29, 1.82) is 0 Å². The number of likely N-dealkylation sites (tertiary alicyclic amines) is 2. The smallest absolute Gasteiger partial charge is 0.254 e. The monoisotopic (exact) mass is 434 g/mol. The highest BCUT2D eigenvalue weighted by molar-refractivity contribution is 5.96. The van der Waals surface area contributed by atoms with E-state index in [4.69, 9.17) is 9.47 Å². The van der Waals surface area contributed by atoms with Gasteiger partial charge in [0.05, 0.1) is 18.2 Å². The predicted octanol–water partition coefficient (Wildman–Crippen LogP) is 2.40. The lowest BCUT2D eigenvalue weighted by Gasteiger charge is -2.71. The lowest BCUT2D eigenvalue weighted by atomic mass is 9.59. The molecule has 3 heterocycles. The van der Waals surface area contributed by atoms with Gasteiger partial charge in [-0.25, -0.2) is 0 Å². The molecular weight excluding hydrogens is 408 g/mol. The topological polar surface area (TPSA) is 79.3 Å². The summed E-state index contributed by atoms with van der Waals surface area (Å²) < 4.78 is 10.8. The van der Waals surface area contributed by atoms with E-state index in [0.717, 1.165) is 24.8 Å². The molecule has 2 amide bonds. The molecule has 2 atom stereocenters. The highest BCUT2D eigenvalue weighted by Gasteiger charge is 2.68. The molecule has 1 saturated carbocycles. The lowest BCUT2D eigenvalue weighted by Crippen LogP contribution is -2.86. The molecule has 0 unspecified atom stereocenters. The Morgan fingerprint density at radius 3 is 2.47 bits per heavy atom. The third-order valence-corrected chi connectivity index (χ3v) is 7.65. The normalized spacial score (nSPS) is 25.2. The van der Waals surface area contributed by atoms with E-state index in [1.54, 1.807) is 23.1 Å². The van der Waals surface area contributed by atoms with E-state index in [9.17, 15) is 14.7 Å². The van der Waals surface area contributed by atoms with Crippen LogP contribution in [-0.2, 0) is 4.79 Å². The summed E-state index contributed by atoms with van der Waals surface area (Å²) in [6.07, 6.45) is 2.91. The van der Waals surface area contributed by atoms with Crippen LogP contribution in [0.25, 0.3) is 0 Å². The first-order chi connectivity index (χ1) is 15.6. The summed E-state index contributed by atoms with van der Waals surface area (Å²) in [4.78, 5) is 30.2. The van der Waals surface area contributed by atoms with Crippen molar-refractivity contribution in [3.8, 4) is 11.5 Å². The number of nitrogens with zero attached hydrogens (tertiary/aromatic N) is 2. The maximum Gasteiger partial charge on any atom is 0.254 e. The summed E-state index contributed by atoms with van der Waals surface area (Å²) in [6.45, 7) is 1.03. The quantitative estimate of drug-likeness (QED) is 0.800. The fraction of sp³-hybridized carbons (Fsp3) is 0.440. The van der Waals surface area contributed by atoms with Gasteiger partial charge in [0.15, 0.2) is 11.5 Å². The van der Waals surface area contributed by atoms with Gasteiger partial charge in [-0.3, -0.25) is 9.59 Å². The van der Waals surface area contributed by atoms with Gasteiger partial charge in [-0.2, -0.15) is 0 Å². The second-order valence-corrected chi connectivity index (χ2v) is 9.31. The number of benzene rings is 2. The minimum absolute atomic E-state index is 0.0125. The summed E-state index contributed by atoms with van der Waals surface area (Å²) in [5.41, 5.74) is 1.21. The van der Waals surface area contributed by atoms with E-state index in [0.29, 0.717) is 30.2 Å². The summed E-state index contributed by atoms with van der Waals surface area (Å²) >= 11 is 0. The number of carbonyl (C=O) groups excluding carboxylic acids is 2. The largest absolute Gasteiger partial charge is 0.454 e. The third-order valence-electron chi connectivity index (χ3n) is 7.65. The fourth-order valence-corrected chi connectivity index (χ4v) is 5.84. The van der Waals surface area contributed by atoms with Crippen LogP contribution in [-0.4, -0.2) is 64.8 Å². The van der Waals surface area contributed by atoms with Gasteiger partial charge in [0, 0.05) is 30.5 Å². The van der Waals surface area contributed by atoms with Crippen molar-refractivity contribution >= 4 is 11.8 Å². The van der Waals surface area contributed by atoms with Crippen molar-refractivity contribution in [2.24, 2.45) is 5.92 Å². The number of amides is 2. The molecule has 1 aliphatic carbocycles. The van der Waals surface area contributed by atoms with Gasteiger partial charge in [0.2, 0.25) is 12.7 Å². The number of hydrogen-bond donors (Lipinski definition) is 1. The average Bonchev–Trinajstić information content (AvgIpc) is 3.19. The maximum absolute atomic E-state index is 13.3. The van der Waals surface area contributed by atoms with Crippen LogP contribution in [0, 0.1) is 5.92 Å². The minimum Gasteiger partial charge on any atom is -0.454 e. The molecule has 3 aliphatic heterocycles. The van der Waals surface area contributed by atoms with Crippen LogP contribution in [0.1, 0.15) is 41.1 Å². The molecule has 2 saturated heterocycles. The van der Waals surface area contributed by atoms with E-state index in [1.807, 2.05) is 23.1 Å². The zero-order valence-electron chi connectivity index (χ0n) is 17.8. The molecule has 7 heteroatoms. The first-order valence-electron chi connectivity index (χ1n) is 11.3.